The number of anilines is 1. The lowest BCUT2D eigenvalue weighted by Gasteiger charge is -2.28. The normalized spacial score (nSPS) is 20.7. The summed E-state index contributed by atoms with van der Waals surface area (Å²) >= 11 is 0. The van der Waals surface area contributed by atoms with Crippen LogP contribution in [0, 0.1) is 5.82 Å². The van der Waals surface area contributed by atoms with Gasteiger partial charge in [-0.25, -0.2) is 21.2 Å². The van der Waals surface area contributed by atoms with Crippen molar-refractivity contribution in [1.82, 2.24) is 4.31 Å². The Balaban J connectivity index is 1.65. The average molecular weight is 465 g/mol. The van der Waals surface area contributed by atoms with E-state index in [0.717, 1.165) is 18.2 Å². The molecule has 0 bridgehead atoms. The lowest BCUT2D eigenvalue weighted by Crippen LogP contribution is -2.41. The molecule has 2 aromatic carbocycles. The number of nitrogens with zero attached hydrogens (tertiary/aromatic N) is 2. The van der Waals surface area contributed by atoms with Gasteiger partial charge in [0.2, 0.25) is 10.0 Å². The fourth-order valence-corrected chi connectivity index (χ4v) is 6.55. The lowest BCUT2D eigenvalue weighted by atomic mass is 10.1. The summed E-state index contributed by atoms with van der Waals surface area (Å²) in [5.41, 5.74) is 0.536. The topological polar surface area (TPSA) is 91.8 Å². The highest BCUT2D eigenvalue weighted by Gasteiger charge is 2.33. The number of hydrogen-bond donors (Lipinski definition) is 0. The zero-order valence-electron chi connectivity index (χ0n) is 16.5. The first kappa shape index (κ1) is 21.7. The van der Waals surface area contributed by atoms with E-state index in [2.05, 4.69) is 0 Å². The van der Waals surface area contributed by atoms with Crippen LogP contribution in [0.1, 0.15) is 23.2 Å². The van der Waals surface area contributed by atoms with Crippen molar-refractivity contribution in [3.05, 3.63) is 71.4 Å². The minimum atomic E-state index is -3.61. The van der Waals surface area contributed by atoms with Crippen LogP contribution < -0.4 is 4.90 Å². The Hall–Kier alpha value is -2.56. The Kier molecular flexibility index (Phi) is 5.71. The van der Waals surface area contributed by atoms with Gasteiger partial charge in [0.15, 0.2) is 9.84 Å². The SMILES string of the molecule is O=C(c1ccc(S(=O)(=O)N2CCCC2)cc1)N(c1ccc(F)cc1)[C@@H]1C=CS(=O)(=O)C1. The molecule has 2 heterocycles. The molecule has 10 heteroatoms. The number of rotatable bonds is 5. The van der Waals surface area contributed by atoms with E-state index in [0.29, 0.717) is 18.8 Å². The molecule has 1 atom stereocenters. The molecule has 7 nitrogen and oxygen atoms in total. The van der Waals surface area contributed by atoms with E-state index in [1.54, 1.807) is 0 Å². The fourth-order valence-electron chi connectivity index (χ4n) is 3.77. The first-order chi connectivity index (χ1) is 14.7. The van der Waals surface area contributed by atoms with Crippen LogP contribution in [0.25, 0.3) is 0 Å². The molecule has 2 aliphatic heterocycles. The maximum atomic E-state index is 13.4. The Morgan fingerprint density at radius 3 is 2.16 bits per heavy atom. The van der Waals surface area contributed by atoms with Crippen molar-refractivity contribution in [2.45, 2.75) is 23.8 Å². The molecule has 2 aromatic rings. The highest BCUT2D eigenvalue weighted by Crippen LogP contribution is 2.26. The van der Waals surface area contributed by atoms with Crippen LogP contribution in [0.15, 0.2) is 64.9 Å². The smallest absolute Gasteiger partial charge is 0.258 e. The molecule has 4 rings (SSSR count). The number of sulfonamides is 1. The minimum Gasteiger partial charge on any atom is -0.300 e. The quantitative estimate of drug-likeness (QED) is 0.678. The second-order valence-electron chi connectivity index (χ2n) is 7.51. The van der Waals surface area contributed by atoms with Gasteiger partial charge in [-0.2, -0.15) is 4.31 Å². The summed E-state index contributed by atoms with van der Waals surface area (Å²) in [6, 6.07) is 10.0. The number of carbonyl (C=O) groups excluding carboxylic acids is 1. The van der Waals surface area contributed by atoms with Gasteiger partial charge >= 0.3 is 0 Å². The highest BCUT2D eigenvalue weighted by molar-refractivity contribution is 7.94. The summed E-state index contributed by atoms with van der Waals surface area (Å²) in [5, 5.41) is 1.06. The summed E-state index contributed by atoms with van der Waals surface area (Å²) in [4.78, 5) is 14.7. The van der Waals surface area contributed by atoms with Crippen LogP contribution >= 0.6 is 0 Å². The van der Waals surface area contributed by atoms with Gasteiger partial charge in [-0.3, -0.25) is 4.79 Å². The van der Waals surface area contributed by atoms with Crippen LogP contribution in [0.3, 0.4) is 0 Å². The van der Waals surface area contributed by atoms with Crippen molar-refractivity contribution in [1.29, 1.82) is 0 Å². The molecule has 0 saturated carbocycles. The third kappa shape index (κ3) is 4.41. The third-order valence-electron chi connectivity index (χ3n) is 5.37. The van der Waals surface area contributed by atoms with E-state index in [1.807, 2.05) is 0 Å². The van der Waals surface area contributed by atoms with Crippen molar-refractivity contribution < 1.29 is 26.0 Å². The molecule has 0 unspecified atom stereocenters. The molecule has 0 spiro atoms. The van der Waals surface area contributed by atoms with Gasteiger partial charge in [-0.15, -0.1) is 0 Å². The molecule has 1 amide bonds. The van der Waals surface area contributed by atoms with Gasteiger partial charge in [0.1, 0.15) is 5.82 Å². The van der Waals surface area contributed by atoms with Gasteiger partial charge in [-0.05, 0) is 67.4 Å². The summed E-state index contributed by atoms with van der Waals surface area (Å²) in [6.45, 7) is 0.952. The predicted molar refractivity (Wildman–Crippen MR) is 114 cm³/mol. The molecule has 1 fully saturated rings. The molecule has 31 heavy (non-hydrogen) atoms. The lowest BCUT2D eigenvalue weighted by molar-refractivity contribution is 0.0983. The Morgan fingerprint density at radius 2 is 1.61 bits per heavy atom. The molecule has 0 aliphatic carbocycles. The van der Waals surface area contributed by atoms with Gasteiger partial charge in [0, 0.05) is 29.7 Å². The standard InChI is InChI=1S/C21H21FN2O5S2/c22-17-5-7-18(8-6-17)24(19-11-14-30(26,27)15-19)21(25)16-3-9-20(10-4-16)31(28,29)23-12-1-2-13-23/h3-11,14,19H,1-2,12-13,15H2/t19-/m1/s1. The van der Waals surface area contributed by atoms with Crippen LogP contribution in [0.2, 0.25) is 0 Å². The molecule has 164 valence electrons. The molecule has 0 radical (unpaired) electrons. The van der Waals surface area contributed by atoms with Crippen LogP contribution in [-0.4, -0.2) is 51.9 Å². The van der Waals surface area contributed by atoms with Gasteiger partial charge in [-0.1, -0.05) is 0 Å². The first-order valence-corrected chi connectivity index (χ1v) is 12.9. The Labute approximate surface area is 180 Å². The van der Waals surface area contributed by atoms with E-state index < -0.39 is 37.6 Å². The van der Waals surface area contributed by atoms with Gasteiger partial charge in [0.25, 0.3) is 5.91 Å². The number of sulfone groups is 1. The molecule has 0 aromatic heterocycles. The van der Waals surface area contributed by atoms with Crippen molar-refractivity contribution in [3.63, 3.8) is 0 Å². The van der Waals surface area contributed by atoms with E-state index in [1.165, 1.54) is 63.8 Å². The molecular formula is C21H21FN2O5S2. The van der Waals surface area contributed by atoms with Crippen molar-refractivity contribution >= 4 is 31.5 Å². The van der Waals surface area contributed by atoms with Crippen molar-refractivity contribution in [2.24, 2.45) is 0 Å². The number of benzene rings is 2. The second kappa shape index (κ2) is 8.18. The van der Waals surface area contributed by atoms with Gasteiger partial charge < -0.3 is 4.90 Å². The third-order valence-corrected chi connectivity index (χ3v) is 8.66. The van der Waals surface area contributed by atoms with E-state index >= 15 is 0 Å². The maximum Gasteiger partial charge on any atom is 0.258 e. The average Bonchev–Trinajstić information content (AvgIpc) is 3.40. The van der Waals surface area contributed by atoms with Crippen LogP contribution in [0.4, 0.5) is 10.1 Å². The highest BCUT2D eigenvalue weighted by atomic mass is 32.2. The van der Waals surface area contributed by atoms with Crippen molar-refractivity contribution in [3.8, 4) is 0 Å². The number of hydrogen-bond acceptors (Lipinski definition) is 5. The molecule has 1 saturated heterocycles. The summed E-state index contributed by atoms with van der Waals surface area (Å²) < 4.78 is 64.0. The monoisotopic (exact) mass is 464 g/mol. The van der Waals surface area contributed by atoms with E-state index in [9.17, 15) is 26.0 Å². The zero-order chi connectivity index (χ0) is 22.2. The van der Waals surface area contributed by atoms with Crippen molar-refractivity contribution in [2.75, 3.05) is 23.7 Å². The molecular weight excluding hydrogens is 443 g/mol. The van der Waals surface area contributed by atoms with Crippen LogP contribution in [-0.2, 0) is 19.9 Å². The summed E-state index contributed by atoms with van der Waals surface area (Å²) in [7, 11) is -7.05. The summed E-state index contributed by atoms with van der Waals surface area (Å²) in [5.74, 6) is -1.27. The number of carbonyl (C=O) groups is 1. The number of amides is 1. The Bertz CT molecular complexity index is 1220. The minimum absolute atomic E-state index is 0.0997. The maximum absolute atomic E-state index is 13.4. The fraction of sp³-hybridized carbons (Fsp3) is 0.286. The predicted octanol–water partition coefficient (Wildman–Crippen LogP) is 2.57. The molecule has 0 N–H and O–H groups in total. The first-order valence-electron chi connectivity index (χ1n) is 9.78. The van der Waals surface area contributed by atoms with Gasteiger partial charge in [0.05, 0.1) is 16.7 Å². The second-order valence-corrected chi connectivity index (χ2v) is 11.4. The zero-order valence-corrected chi connectivity index (χ0v) is 18.1. The summed E-state index contributed by atoms with van der Waals surface area (Å²) in [6.07, 6.45) is 3.06. The molecule has 2 aliphatic rings. The number of halogens is 1. The van der Waals surface area contributed by atoms with Crippen LogP contribution in [0.5, 0.6) is 0 Å². The van der Waals surface area contributed by atoms with E-state index in [-0.39, 0.29) is 16.2 Å². The van der Waals surface area contributed by atoms with E-state index in [4.69, 9.17) is 0 Å². The Morgan fingerprint density at radius 1 is 1.00 bits per heavy atom. The largest absolute Gasteiger partial charge is 0.300 e.